The Kier molecular flexibility index (Phi) is 15.9. The Morgan fingerprint density at radius 2 is 0.977 bits per heavy atom. The van der Waals surface area contributed by atoms with E-state index in [9.17, 15) is 19.8 Å². The van der Waals surface area contributed by atoms with Gasteiger partial charge in [-0.1, -0.05) is 36.4 Å². The van der Waals surface area contributed by atoms with Gasteiger partial charge in [-0.25, -0.2) is 0 Å². The Bertz CT molecular complexity index is 1100. The van der Waals surface area contributed by atoms with E-state index in [1.807, 2.05) is 12.1 Å². The highest BCUT2D eigenvalue weighted by atomic mass is 16.5. The zero-order valence-corrected chi connectivity index (χ0v) is 26.1. The van der Waals surface area contributed by atoms with Gasteiger partial charge in [0.2, 0.25) is 0 Å². The maximum Gasteiger partial charge on any atom is 0.323 e. The first-order valence-electron chi connectivity index (χ1n) is 15.1. The van der Waals surface area contributed by atoms with Crippen molar-refractivity contribution in [1.82, 2.24) is 9.80 Å². The van der Waals surface area contributed by atoms with Gasteiger partial charge in [0.1, 0.15) is 13.1 Å². The predicted octanol–water partition coefficient (Wildman–Crippen LogP) is 2.11. The van der Waals surface area contributed by atoms with E-state index >= 15 is 0 Å². The molecule has 2 N–H and O–H groups in total. The molecular formula is C32H48N4O8. The summed E-state index contributed by atoms with van der Waals surface area (Å²) in [6.45, 7) is 7.31. The maximum absolute atomic E-state index is 11.4. The molecule has 0 bridgehead atoms. The van der Waals surface area contributed by atoms with Crippen molar-refractivity contribution in [3.05, 3.63) is 59.7 Å². The lowest BCUT2D eigenvalue weighted by Crippen LogP contribution is -2.36. The van der Waals surface area contributed by atoms with Crippen LogP contribution in [0.25, 0.3) is 0 Å². The van der Waals surface area contributed by atoms with Crippen LogP contribution in [0.4, 0.5) is 11.4 Å². The molecule has 12 nitrogen and oxygen atoms in total. The lowest BCUT2D eigenvalue weighted by molar-refractivity contribution is -0.136. The number of para-hydroxylation sites is 2. The second-order valence-electron chi connectivity index (χ2n) is 10.8. The Balaban J connectivity index is 1.56. The van der Waals surface area contributed by atoms with Crippen molar-refractivity contribution in [1.29, 1.82) is 0 Å². The Morgan fingerprint density at radius 1 is 0.614 bits per heavy atom. The molecule has 1 aliphatic heterocycles. The van der Waals surface area contributed by atoms with Gasteiger partial charge >= 0.3 is 11.9 Å². The van der Waals surface area contributed by atoms with Gasteiger partial charge in [0.25, 0.3) is 0 Å². The highest BCUT2D eigenvalue weighted by Gasteiger charge is 2.19. The Morgan fingerprint density at radius 3 is 1.36 bits per heavy atom. The van der Waals surface area contributed by atoms with Gasteiger partial charge in [-0.3, -0.25) is 19.4 Å². The molecule has 0 unspecified atom stereocenters. The molecule has 1 saturated heterocycles. The van der Waals surface area contributed by atoms with Crippen LogP contribution in [0.3, 0.4) is 0 Å². The number of ether oxygens (including phenoxy) is 4. The first-order chi connectivity index (χ1) is 21.3. The number of benzene rings is 2. The average molecular weight is 617 g/mol. The van der Waals surface area contributed by atoms with Gasteiger partial charge < -0.3 is 39.0 Å². The maximum atomic E-state index is 11.4. The van der Waals surface area contributed by atoms with Crippen LogP contribution in [0.1, 0.15) is 11.1 Å². The van der Waals surface area contributed by atoms with E-state index in [2.05, 4.69) is 53.1 Å². The number of carboxylic acids is 2. The third kappa shape index (κ3) is 13.2. The van der Waals surface area contributed by atoms with Crippen LogP contribution in [0, 0.1) is 0 Å². The highest BCUT2D eigenvalue weighted by molar-refractivity contribution is 5.80. The van der Waals surface area contributed by atoms with Crippen LogP contribution < -0.4 is 9.80 Å². The topological polar surface area (TPSA) is 124 Å². The lowest BCUT2D eigenvalue weighted by atomic mass is 10.1. The van der Waals surface area contributed by atoms with Crippen molar-refractivity contribution in [3.63, 3.8) is 0 Å². The average Bonchev–Trinajstić information content (AvgIpc) is 2.98. The molecule has 3 rings (SSSR count). The fourth-order valence-electron chi connectivity index (χ4n) is 5.03. The van der Waals surface area contributed by atoms with E-state index in [0.29, 0.717) is 78.2 Å². The van der Waals surface area contributed by atoms with Gasteiger partial charge in [-0.05, 0) is 23.3 Å². The number of hydrogen-bond donors (Lipinski definition) is 2. The van der Waals surface area contributed by atoms with E-state index in [1.54, 1.807) is 12.1 Å². The molecule has 2 aromatic rings. The number of anilines is 2. The van der Waals surface area contributed by atoms with Crippen molar-refractivity contribution in [2.75, 3.05) is 116 Å². The summed E-state index contributed by atoms with van der Waals surface area (Å²) in [7, 11) is 4.11. The smallest absolute Gasteiger partial charge is 0.323 e. The summed E-state index contributed by atoms with van der Waals surface area (Å²) in [5, 5.41) is 18.7. The zero-order valence-electron chi connectivity index (χ0n) is 26.1. The number of rotatable bonds is 10. The van der Waals surface area contributed by atoms with Crippen LogP contribution >= 0.6 is 0 Å². The first-order valence-corrected chi connectivity index (χ1v) is 15.1. The molecule has 0 saturated carbocycles. The minimum absolute atomic E-state index is 0.406. The summed E-state index contributed by atoms with van der Waals surface area (Å²) in [5.41, 5.74) is 3.88. The Hall–Kier alpha value is -3.26. The molecule has 1 heterocycles. The number of nitrogens with zero attached hydrogens (tertiary/aromatic N) is 4. The van der Waals surface area contributed by atoms with Crippen molar-refractivity contribution < 1.29 is 38.7 Å². The van der Waals surface area contributed by atoms with Gasteiger partial charge in [0, 0.05) is 64.7 Å². The van der Waals surface area contributed by atoms with Crippen molar-refractivity contribution in [2.24, 2.45) is 0 Å². The van der Waals surface area contributed by atoms with Gasteiger partial charge in [0.15, 0.2) is 0 Å². The van der Waals surface area contributed by atoms with E-state index in [0.717, 1.165) is 25.2 Å². The number of carbonyl (C=O) groups is 2. The second-order valence-corrected chi connectivity index (χ2v) is 10.8. The van der Waals surface area contributed by atoms with E-state index in [-0.39, 0.29) is 0 Å². The van der Waals surface area contributed by atoms with Crippen molar-refractivity contribution in [2.45, 2.75) is 13.1 Å². The molecule has 0 aliphatic carbocycles. The zero-order chi connectivity index (χ0) is 31.6. The SMILES string of the molecule is CN(C)c1ccccc1CN1CCOCCOCCN(Cc2ccccc2N(CC(=O)O)CC(=O)O)CCOCCOCC1. The fourth-order valence-corrected chi connectivity index (χ4v) is 5.03. The minimum Gasteiger partial charge on any atom is -0.480 e. The molecule has 1 fully saturated rings. The summed E-state index contributed by atoms with van der Waals surface area (Å²) < 4.78 is 23.6. The van der Waals surface area contributed by atoms with Gasteiger partial charge in [-0.2, -0.15) is 0 Å². The molecule has 12 heteroatoms. The van der Waals surface area contributed by atoms with Gasteiger partial charge in [0.05, 0.1) is 52.9 Å². The van der Waals surface area contributed by atoms with Crippen molar-refractivity contribution >= 4 is 23.3 Å². The van der Waals surface area contributed by atoms with Crippen LogP contribution in [0.2, 0.25) is 0 Å². The first kappa shape index (κ1) is 35.2. The van der Waals surface area contributed by atoms with Crippen LogP contribution in [0.5, 0.6) is 0 Å². The number of carboxylic acid groups (broad SMARTS) is 2. The van der Waals surface area contributed by atoms with Gasteiger partial charge in [-0.15, -0.1) is 0 Å². The number of aliphatic carboxylic acids is 2. The summed E-state index contributed by atoms with van der Waals surface area (Å²) in [6.07, 6.45) is 0. The van der Waals surface area contributed by atoms with Crippen LogP contribution in [-0.4, -0.2) is 138 Å². The molecule has 0 amide bonds. The molecule has 0 radical (unpaired) electrons. The second kappa shape index (κ2) is 19.9. The molecule has 0 atom stereocenters. The van der Waals surface area contributed by atoms with Crippen LogP contribution in [0.15, 0.2) is 48.5 Å². The lowest BCUT2D eigenvalue weighted by Gasteiger charge is -2.28. The fraction of sp³-hybridized carbons (Fsp3) is 0.562. The van der Waals surface area contributed by atoms with Crippen molar-refractivity contribution in [3.8, 4) is 0 Å². The summed E-state index contributed by atoms with van der Waals surface area (Å²) in [5.74, 6) is -2.18. The molecule has 44 heavy (non-hydrogen) atoms. The Labute approximate surface area is 260 Å². The van der Waals surface area contributed by atoms with E-state index < -0.39 is 25.0 Å². The molecule has 1 aliphatic rings. The molecule has 0 spiro atoms. The third-order valence-corrected chi connectivity index (χ3v) is 7.20. The molecule has 0 aromatic heterocycles. The van der Waals surface area contributed by atoms with E-state index in [4.69, 9.17) is 18.9 Å². The van der Waals surface area contributed by atoms with Crippen LogP contribution in [-0.2, 0) is 41.6 Å². The normalized spacial score (nSPS) is 17.3. The standard InChI is InChI=1S/C32H48N4O8/c1-33(2)29-9-5-3-7-27(29)23-34-11-15-41-19-21-43-17-13-35(14-18-44-22-20-42-16-12-34)24-28-8-4-6-10-30(28)36(25-31(37)38)26-32(39)40/h3-10H,11-26H2,1-2H3,(H,37,38)(H,39,40). The summed E-state index contributed by atoms with van der Waals surface area (Å²) in [4.78, 5) is 30.9. The number of hydrogen-bond acceptors (Lipinski definition) is 10. The monoisotopic (exact) mass is 616 g/mol. The predicted molar refractivity (Wildman–Crippen MR) is 169 cm³/mol. The molecular weight excluding hydrogens is 568 g/mol. The third-order valence-electron chi connectivity index (χ3n) is 7.20. The minimum atomic E-state index is -1.09. The summed E-state index contributed by atoms with van der Waals surface area (Å²) in [6, 6.07) is 15.7. The molecule has 2 aromatic carbocycles. The molecule has 244 valence electrons. The quantitative estimate of drug-likeness (QED) is 0.406. The largest absolute Gasteiger partial charge is 0.480 e. The highest BCUT2D eigenvalue weighted by Crippen LogP contribution is 2.22. The summed E-state index contributed by atoms with van der Waals surface area (Å²) >= 11 is 0. The van der Waals surface area contributed by atoms with E-state index in [1.165, 1.54) is 16.2 Å².